The van der Waals surface area contributed by atoms with E-state index in [-0.39, 0.29) is 17.7 Å². The molecule has 198 valence electrons. The van der Waals surface area contributed by atoms with Crippen molar-refractivity contribution < 1.29 is 18.8 Å². The maximum Gasteiger partial charge on any atom is 0.256 e. The average molecular weight is 517 g/mol. The number of unbranched alkanes of at least 4 members (excludes halogenated alkanes) is 2. The number of hydrogen-bond donors (Lipinski definition) is 4. The van der Waals surface area contributed by atoms with Gasteiger partial charge in [0, 0.05) is 41.3 Å². The Morgan fingerprint density at radius 2 is 1.79 bits per heavy atom. The third-order valence-electron chi connectivity index (χ3n) is 6.78. The molecule has 0 saturated heterocycles. The maximum atomic E-state index is 13.8. The number of rotatable bonds is 9. The van der Waals surface area contributed by atoms with E-state index in [9.17, 15) is 18.8 Å². The molecule has 1 aliphatic rings. The zero-order chi connectivity index (χ0) is 27.4. The summed E-state index contributed by atoms with van der Waals surface area (Å²) in [6.45, 7) is 8.11. The van der Waals surface area contributed by atoms with Crippen molar-refractivity contribution in [1.29, 1.82) is 0 Å². The number of fused-ring (bicyclic) bond motifs is 1. The van der Waals surface area contributed by atoms with E-state index in [1.165, 1.54) is 18.2 Å². The van der Waals surface area contributed by atoms with E-state index in [4.69, 9.17) is 0 Å². The molecule has 38 heavy (non-hydrogen) atoms. The number of H-pyrrole nitrogens is 1. The van der Waals surface area contributed by atoms with E-state index in [1.807, 2.05) is 39.0 Å². The third-order valence-corrected chi connectivity index (χ3v) is 6.78. The van der Waals surface area contributed by atoms with Gasteiger partial charge in [-0.2, -0.15) is 0 Å². The van der Waals surface area contributed by atoms with E-state index in [2.05, 4.69) is 20.9 Å². The zero-order valence-electron chi connectivity index (χ0n) is 22.2. The number of carbonyl (C=O) groups is 3. The van der Waals surface area contributed by atoms with Crippen molar-refractivity contribution >= 4 is 40.7 Å². The maximum absolute atomic E-state index is 13.8. The molecule has 0 spiro atoms. The van der Waals surface area contributed by atoms with Gasteiger partial charge in [-0.1, -0.05) is 24.1 Å². The Kier molecular flexibility index (Phi) is 8.10. The van der Waals surface area contributed by atoms with Gasteiger partial charge in [0.1, 0.15) is 5.82 Å². The number of anilines is 2. The van der Waals surface area contributed by atoms with Gasteiger partial charge in [-0.3, -0.25) is 14.4 Å². The smallest absolute Gasteiger partial charge is 0.256 e. The van der Waals surface area contributed by atoms with Crippen LogP contribution in [0.5, 0.6) is 0 Å². The van der Waals surface area contributed by atoms with Gasteiger partial charge in [-0.25, -0.2) is 4.39 Å². The molecule has 4 rings (SSSR count). The Balaban J connectivity index is 1.28. The second kappa shape index (κ2) is 11.5. The molecule has 0 unspecified atom stereocenters. The average Bonchev–Trinajstić information content (AvgIpc) is 3.32. The molecule has 7 nitrogen and oxygen atoms in total. The minimum Gasteiger partial charge on any atom is -0.358 e. The van der Waals surface area contributed by atoms with Crippen molar-refractivity contribution in [2.75, 3.05) is 17.2 Å². The van der Waals surface area contributed by atoms with E-state index in [0.717, 1.165) is 36.1 Å². The summed E-state index contributed by atoms with van der Waals surface area (Å²) in [4.78, 5) is 40.8. The highest BCUT2D eigenvalue weighted by Crippen LogP contribution is 2.34. The van der Waals surface area contributed by atoms with Gasteiger partial charge in [0.25, 0.3) is 11.8 Å². The molecule has 4 N–H and O–H groups in total. The molecule has 3 amide bonds. The highest BCUT2D eigenvalue weighted by Gasteiger charge is 2.26. The molecule has 0 aliphatic carbocycles. The van der Waals surface area contributed by atoms with Crippen LogP contribution in [0, 0.1) is 33.5 Å². The van der Waals surface area contributed by atoms with Crippen molar-refractivity contribution in [2.24, 2.45) is 0 Å². The predicted octanol–water partition coefficient (Wildman–Crippen LogP) is 5.81. The summed E-state index contributed by atoms with van der Waals surface area (Å²) < 4.78 is 13.8. The van der Waals surface area contributed by atoms with E-state index in [1.54, 1.807) is 13.0 Å². The summed E-state index contributed by atoms with van der Waals surface area (Å²) in [7, 11) is 0. The normalized spacial score (nSPS) is 13.4. The van der Waals surface area contributed by atoms with Crippen LogP contribution in [-0.4, -0.2) is 29.3 Å². The first-order chi connectivity index (χ1) is 18.1. The number of amides is 3. The summed E-state index contributed by atoms with van der Waals surface area (Å²) in [6, 6.07) is 10.1. The first-order valence-electron chi connectivity index (χ1n) is 12.8. The molecular formula is C30H33FN4O3. The van der Waals surface area contributed by atoms with E-state index >= 15 is 0 Å². The van der Waals surface area contributed by atoms with Crippen LogP contribution in [-0.2, 0) is 9.59 Å². The lowest BCUT2D eigenvalue weighted by Crippen LogP contribution is -2.25. The van der Waals surface area contributed by atoms with Crippen LogP contribution >= 0.6 is 0 Å². The molecule has 8 heteroatoms. The van der Waals surface area contributed by atoms with Crippen molar-refractivity contribution in [3.63, 3.8) is 0 Å². The molecular weight excluding hydrogens is 483 g/mol. The number of benzene rings is 2. The molecule has 2 heterocycles. The quantitative estimate of drug-likeness (QED) is 0.213. The van der Waals surface area contributed by atoms with Crippen LogP contribution in [0.3, 0.4) is 0 Å². The standard InChI is InChI=1S/C30H33FN4O3/c1-17-9-11-24(18(2)14-17)34-27(36)8-6-5-7-13-32-30(38)28-19(3)26(33-20(28)4)16-23-22-15-21(31)10-12-25(22)35-29(23)37/h9-12,14-16,33H,5-8,13H2,1-4H3,(H,32,38)(H,34,36)(H,35,37)/b23-16-. The van der Waals surface area contributed by atoms with Crippen molar-refractivity contribution in [2.45, 2.75) is 53.4 Å². The fraction of sp³-hybridized carbons (Fsp3) is 0.300. The second-order valence-corrected chi connectivity index (χ2v) is 9.80. The topological polar surface area (TPSA) is 103 Å². The highest BCUT2D eigenvalue weighted by atomic mass is 19.1. The molecule has 1 aliphatic heterocycles. The molecule has 0 fully saturated rings. The molecule has 0 saturated carbocycles. The van der Waals surface area contributed by atoms with Crippen LogP contribution in [0.15, 0.2) is 36.4 Å². The van der Waals surface area contributed by atoms with Crippen LogP contribution in [0.25, 0.3) is 11.6 Å². The lowest BCUT2D eigenvalue weighted by atomic mass is 10.0. The van der Waals surface area contributed by atoms with Crippen LogP contribution in [0.4, 0.5) is 15.8 Å². The minimum atomic E-state index is -0.424. The molecule has 0 atom stereocenters. The fourth-order valence-electron chi connectivity index (χ4n) is 4.75. The molecule has 2 aromatic carbocycles. The Hall–Kier alpha value is -4.20. The highest BCUT2D eigenvalue weighted by molar-refractivity contribution is 6.34. The Bertz CT molecular complexity index is 1440. The third kappa shape index (κ3) is 6.02. The number of nitrogens with one attached hydrogen (secondary N) is 4. The lowest BCUT2D eigenvalue weighted by Gasteiger charge is -2.09. The molecule has 0 bridgehead atoms. The Labute approximate surface area is 221 Å². The van der Waals surface area contributed by atoms with Crippen molar-refractivity contribution in [3.05, 3.63) is 81.4 Å². The number of aryl methyl sites for hydroxylation is 3. The Morgan fingerprint density at radius 1 is 1.00 bits per heavy atom. The van der Waals surface area contributed by atoms with Gasteiger partial charge in [0.15, 0.2) is 0 Å². The SMILES string of the molecule is Cc1ccc(NC(=O)CCCCCNC(=O)c2c(C)[nH]c(/C=C3\C(=O)Nc4ccc(F)cc43)c2C)c(C)c1. The van der Waals surface area contributed by atoms with Crippen molar-refractivity contribution in [1.82, 2.24) is 10.3 Å². The second-order valence-electron chi connectivity index (χ2n) is 9.80. The van der Waals surface area contributed by atoms with E-state index < -0.39 is 5.82 Å². The van der Waals surface area contributed by atoms with Crippen LogP contribution < -0.4 is 16.0 Å². The summed E-state index contributed by atoms with van der Waals surface area (Å²) in [5.41, 5.74) is 7.00. The van der Waals surface area contributed by atoms with E-state index in [0.29, 0.717) is 52.3 Å². The summed E-state index contributed by atoms with van der Waals surface area (Å²) >= 11 is 0. The first kappa shape index (κ1) is 26.9. The van der Waals surface area contributed by atoms with Gasteiger partial charge in [0.2, 0.25) is 5.91 Å². The Morgan fingerprint density at radius 3 is 2.55 bits per heavy atom. The molecule has 3 aromatic rings. The monoisotopic (exact) mass is 516 g/mol. The summed E-state index contributed by atoms with van der Waals surface area (Å²) in [5, 5.41) is 8.64. The minimum absolute atomic E-state index is 0.0116. The zero-order valence-corrected chi connectivity index (χ0v) is 22.2. The number of halogens is 1. The van der Waals surface area contributed by atoms with Gasteiger partial charge in [-0.15, -0.1) is 0 Å². The van der Waals surface area contributed by atoms with Gasteiger partial charge in [-0.05, 0) is 82.0 Å². The molecule has 1 aromatic heterocycles. The molecule has 0 radical (unpaired) electrons. The fourth-order valence-corrected chi connectivity index (χ4v) is 4.75. The lowest BCUT2D eigenvalue weighted by molar-refractivity contribution is -0.116. The predicted molar refractivity (Wildman–Crippen MR) is 149 cm³/mol. The summed E-state index contributed by atoms with van der Waals surface area (Å²) in [6.07, 6.45) is 4.38. The van der Waals surface area contributed by atoms with Crippen molar-refractivity contribution in [3.8, 4) is 0 Å². The van der Waals surface area contributed by atoms with Crippen LogP contribution in [0.2, 0.25) is 0 Å². The largest absolute Gasteiger partial charge is 0.358 e. The van der Waals surface area contributed by atoms with Crippen LogP contribution in [0.1, 0.15) is 69.7 Å². The van der Waals surface area contributed by atoms with Gasteiger partial charge >= 0.3 is 0 Å². The number of aromatic amines is 1. The number of hydrogen-bond acceptors (Lipinski definition) is 3. The first-order valence-corrected chi connectivity index (χ1v) is 12.8. The number of aromatic nitrogens is 1. The number of carbonyl (C=O) groups excluding carboxylic acids is 3. The van der Waals surface area contributed by atoms with Gasteiger partial charge in [0.05, 0.1) is 11.1 Å². The summed E-state index contributed by atoms with van der Waals surface area (Å²) in [5.74, 6) is -0.947. The van der Waals surface area contributed by atoms with Gasteiger partial charge < -0.3 is 20.9 Å².